The molecule has 19 nitrogen and oxygen atoms in total. The van der Waals surface area contributed by atoms with Crippen molar-refractivity contribution in [1.29, 1.82) is 0 Å². The van der Waals surface area contributed by atoms with Crippen molar-refractivity contribution in [2.75, 3.05) is 38.2 Å². The lowest BCUT2D eigenvalue weighted by molar-refractivity contribution is -0.137. The molecule has 1 aliphatic rings. The third-order valence-electron chi connectivity index (χ3n) is 12.5. The summed E-state index contributed by atoms with van der Waals surface area (Å²) in [4.78, 5) is 106. The number of primary amides is 1. The van der Waals surface area contributed by atoms with Crippen molar-refractivity contribution in [1.82, 2.24) is 40.6 Å². The van der Waals surface area contributed by atoms with E-state index in [1.807, 2.05) is 58.0 Å². The van der Waals surface area contributed by atoms with E-state index in [1.54, 1.807) is 55.8 Å². The number of ether oxygens (including phenoxy) is 1. The molecule has 22 heteroatoms. The van der Waals surface area contributed by atoms with Gasteiger partial charge in [0, 0.05) is 67.8 Å². The molecule has 2 heterocycles. The number of halogens is 3. The number of alkyl halides is 1. The number of hydrogen-bond donors (Lipinski definition) is 6. The molecule has 0 aliphatic carbocycles. The summed E-state index contributed by atoms with van der Waals surface area (Å²) >= 11 is 0. The van der Waals surface area contributed by atoms with Crippen LogP contribution in [0, 0.1) is 23.0 Å². The maximum atomic E-state index is 15.2. The maximum absolute atomic E-state index is 15.2. The van der Waals surface area contributed by atoms with Crippen molar-refractivity contribution in [2.24, 2.45) is 17.1 Å². The molecule has 9 amide bonds. The predicted molar refractivity (Wildman–Crippen MR) is 297 cm³/mol. The van der Waals surface area contributed by atoms with Crippen LogP contribution in [0.1, 0.15) is 110 Å². The molecule has 1 aliphatic heterocycles. The molecule has 80 heavy (non-hydrogen) atoms. The number of imidazole rings is 1. The van der Waals surface area contributed by atoms with Gasteiger partial charge in [-0.1, -0.05) is 97.0 Å². The van der Waals surface area contributed by atoms with Crippen LogP contribution in [-0.4, -0.2) is 112 Å². The summed E-state index contributed by atoms with van der Waals surface area (Å²) in [5.74, 6) is -3.83. The Kier molecular flexibility index (Phi) is 25.2. The second kappa shape index (κ2) is 31.3. The second-order valence-corrected chi connectivity index (χ2v) is 20.6. The molecule has 0 saturated heterocycles. The van der Waals surface area contributed by atoms with E-state index in [1.165, 1.54) is 17.1 Å². The number of aromatic nitrogens is 2. The fraction of sp³-hybridized carbons (Fsp3) is 0.431. The highest BCUT2D eigenvalue weighted by atomic mass is 19.1. The number of amides is 9. The summed E-state index contributed by atoms with van der Waals surface area (Å²) in [5, 5.41) is 12.9. The Balaban J connectivity index is 0.00000184. The Labute approximate surface area is 465 Å². The van der Waals surface area contributed by atoms with Gasteiger partial charge in [-0.25, -0.2) is 27.7 Å². The van der Waals surface area contributed by atoms with Gasteiger partial charge in [-0.05, 0) is 85.4 Å². The summed E-state index contributed by atoms with van der Waals surface area (Å²) < 4.78 is 51.4. The highest BCUT2D eigenvalue weighted by molar-refractivity contribution is 6.12. The molecular weight excluding hydrogens is 1040 g/mol. The minimum Gasteiger partial charge on any atom is -0.445 e. The first kappa shape index (κ1) is 64.2. The van der Waals surface area contributed by atoms with E-state index in [4.69, 9.17) is 15.5 Å². The number of nitrogens with one attached hydrogen (secondary N) is 5. The van der Waals surface area contributed by atoms with Crippen LogP contribution in [0.2, 0.25) is 0 Å². The molecule has 0 bridgehead atoms. The van der Waals surface area contributed by atoms with E-state index in [-0.39, 0.29) is 86.1 Å². The largest absolute Gasteiger partial charge is 0.445 e. The van der Waals surface area contributed by atoms with Crippen molar-refractivity contribution >= 4 is 53.3 Å². The first-order valence-electron chi connectivity index (χ1n) is 26.5. The standard InChI is InChI=1S/C54H65F3N8O8.C4H10N2O/c1-34(2)48(62-44(66)16-12-9-13-26-64-46(68)23-24-47(64)69)51(70)58-30-45(67)59-39-20-17-37(18-21-39)33-73-53(72)60-40(29-55)25-27-65(52(71)35(3)4)49(54(5,6)7)50-61-43(41-28-38(56)19-22-42(41)57)32-63(50)31-36-14-10-8-11-15-36;1-2-3-6-4(5)7/h8,10-11,14-15,17-24,28,32,34,40,48-49H,3,9,12-13,16,25-27,29-31,33H2,1-2,4-7H3,(H,58,70)(H,59,67)(H,60,72)(H,62,66);2-3H2,1H3,(H3,5,6,7). The molecule has 0 fully saturated rings. The summed E-state index contributed by atoms with van der Waals surface area (Å²) in [6, 6.07) is 15.6. The van der Waals surface area contributed by atoms with Crippen LogP contribution in [0.15, 0.2) is 103 Å². The fourth-order valence-corrected chi connectivity index (χ4v) is 8.39. The van der Waals surface area contributed by atoms with Crippen LogP contribution >= 0.6 is 0 Å². The van der Waals surface area contributed by atoms with Gasteiger partial charge in [0.15, 0.2) is 0 Å². The summed E-state index contributed by atoms with van der Waals surface area (Å²) in [6.07, 6.45) is 5.79. The number of urea groups is 1. The molecule has 0 spiro atoms. The lowest BCUT2D eigenvalue weighted by Crippen LogP contribution is -2.51. The van der Waals surface area contributed by atoms with Crippen LogP contribution in [-0.2, 0) is 46.7 Å². The first-order valence-corrected chi connectivity index (χ1v) is 26.5. The number of imide groups is 1. The smallest absolute Gasteiger partial charge is 0.407 e. The zero-order chi connectivity index (χ0) is 59.1. The number of nitrogens with zero attached hydrogens (tertiary/aromatic N) is 4. The highest BCUT2D eigenvalue weighted by Crippen LogP contribution is 2.40. The number of nitrogens with two attached hydrogens (primary N) is 1. The molecule has 4 aromatic rings. The number of benzene rings is 3. The Bertz CT molecular complexity index is 2800. The predicted octanol–water partition coefficient (Wildman–Crippen LogP) is 7.77. The Morgan fingerprint density at radius 3 is 2.12 bits per heavy atom. The fourth-order valence-electron chi connectivity index (χ4n) is 8.39. The van der Waals surface area contributed by atoms with Gasteiger partial charge in [-0.2, -0.15) is 0 Å². The van der Waals surface area contributed by atoms with Gasteiger partial charge in [0.05, 0.1) is 24.3 Å². The van der Waals surface area contributed by atoms with Crippen LogP contribution in [0.3, 0.4) is 0 Å². The van der Waals surface area contributed by atoms with Crippen LogP contribution in [0.4, 0.5) is 28.4 Å². The van der Waals surface area contributed by atoms with E-state index in [0.29, 0.717) is 42.9 Å². The average Bonchev–Trinajstić information content (AvgIpc) is 3.99. The average molecular weight is 1110 g/mol. The number of unbranched alkanes of at least 4 members (excludes halogenated alkanes) is 2. The topological polar surface area (TPSA) is 256 Å². The quantitative estimate of drug-likeness (QED) is 0.0192. The van der Waals surface area contributed by atoms with Crippen molar-refractivity contribution in [2.45, 2.75) is 118 Å². The molecular formula is C58H75F3N10O9. The zero-order valence-corrected chi connectivity index (χ0v) is 46.5. The molecule has 3 atom stereocenters. The number of alkyl carbamates (subject to hydrolysis) is 1. The highest BCUT2D eigenvalue weighted by Gasteiger charge is 2.39. The summed E-state index contributed by atoms with van der Waals surface area (Å²) in [6.45, 7) is 16.2. The Morgan fingerprint density at radius 2 is 1.54 bits per heavy atom. The third kappa shape index (κ3) is 20.5. The molecule has 432 valence electrons. The summed E-state index contributed by atoms with van der Waals surface area (Å²) in [5.41, 5.74) is 6.10. The summed E-state index contributed by atoms with van der Waals surface area (Å²) in [7, 11) is 0. The zero-order valence-electron chi connectivity index (χ0n) is 46.5. The van der Waals surface area contributed by atoms with E-state index in [0.717, 1.165) is 35.1 Å². The molecule has 3 unspecified atom stereocenters. The van der Waals surface area contributed by atoms with Gasteiger partial charge in [-0.3, -0.25) is 33.7 Å². The van der Waals surface area contributed by atoms with E-state index >= 15 is 4.39 Å². The monoisotopic (exact) mass is 1110 g/mol. The molecule has 7 N–H and O–H groups in total. The van der Waals surface area contributed by atoms with Crippen molar-refractivity contribution < 1.29 is 56.3 Å². The third-order valence-corrected chi connectivity index (χ3v) is 12.5. The molecule has 1 aromatic heterocycles. The van der Waals surface area contributed by atoms with Crippen LogP contribution < -0.4 is 32.3 Å². The molecule has 3 aromatic carbocycles. The number of carbonyl (C=O) groups excluding carboxylic acids is 8. The Hall–Kier alpha value is -8.30. The normalized spacial score (nSPS) is 13.1. The molecule has 0 saturated carbocycles. The van der Waals surface area contributed by atoms with E-state index in [9.17, 15) is 47.1 Å². The number of rotatable bonds is 27. The van der Waals surface area contributed by atoms with Gasteiger partial charge >= 0.3 is 12.1 Å². The van der Waals surface area contributed by atoms with Gasteiger partial charge in [0.25, 0.3) is 11.8 Å². The number of anilines is 1. The minimum atomic E-state index is -1.08. The van der Waals surface area contributed by atoms with Crippen LogP contribution in [0.25, 0.3) is 11.3 Å². The van der Waals surface area contributed by atoms with Gasteiger partial charge in [0.1, 0.15) is 36.8 Å². The van der Waals surface area contributed by atoms with Crippen molar-refractivity contribution in [3.8, 4) is 11.3 Å². The number of hydrogen-bond acceptors (Lipinski definition) is 10. The minimum absolute atomic E-state index is 0.0434. The van der Waals surface area contributed by atoms with E-state index in [2.05, 4.69) is 33.2 Å². The van der Waals surface area contributed by atoms with Crippen LogP contribution in [0.5, 0.6) is 0 Å². The lowest BCUT2D eigenvalue weighted by Gasteiger charge is -2.40. The van der Waals surface area contributed by atoms with Crippen molar-refractivity contribution in [3.63, 3.8) is 0 Å². The van der Waals surface area contributed by atoms with Crippen molar-refractivity contribution in [3.05, 3.63) is 132 Å². The van der Waals surface area contributed by atoms with Gasteiger partial charge in [-0.15, -0.1) is 0 Å². The van der Waals surface area contributed by atoms with E-state index < -0.39 is 71.7 Å². The lowest BCUT2D eigenvalue weighted by atomic mass is 9.84. The first-order chi connectivity index (χ1) is 37.9. The van der Waals surface area contributed by atoms with Gasteiger partial charge in [0.2, 0.25) is 23.6 Å². The Morgan fingerprint density at radius 1 is 0.863 bits per heavy atom. The SMILES string of the molecule is C=C(C)C(=O)N(CCC(CF)NC(=O)OCc1ccc(NC(=O)CNC(=O)C(NC(=O)CCCCCN2C(=O)C=CC2=O)C(C)C)cc1)C(c1nc(-c2cc(F)ccc2F)cn1Cc1ccccc1)C(C)(C)C.CCCNC(N)=O. The number of carbonyl (C=O) groups is 8. The van der Waals surface area contributed by atoms with Gasteiger partial charge < -0.3 is 46.5 Å². The molecule has 0 radical (unpaired) electrons. The maximum Gasteiger partial charge on any atom is 0.407 e. The second-order valence-electron chi connectivity index (χ2n) is 20.6. The molecule has 5 rings (SSSR count).